The predicted octanol–water partition coefficient (Wildman–Crippen LogP) is 0.397. The van der Waals surface area contributed by atoms with Gasteiger partial charge in [-0.1, -0.05) is 11.8 Å². The van der Waals surface area contributed by atoms with Crippen molar-refractivity contribution in [1.82, 2.24) is 20.1 Å². The molecule has 0 spiro atoms. The van der Waals surface area contributed by atoms with Crippen LogP contribution in [0.1, 0.15) is 27.3 Å². The second-order valence-corrected chi connectivity index (χ2v) is 4.56. The highest BCUT2D eigenvalue weighted by Gasteiger charge is 2.08. The Morgan fingerprint density at radius 1 is 1.43 bits per heavy atom. The normalized spacial score (nSPS) is 9.86. The fourth-order valence-corrected chi connectivity index (χ4v) is 1.85. The van der Waals surface area contributed by atoms with E-state index >= 15 is 0 Å². The average molecular weight is 284 g/mol. The van der Waals surface area contributed by atoms with E-state index in [0.29, 0.717) is 17.0 Å². The second kappa shape index (κ2) is 6.68. The Labute approximate surface area is 122 Å². The summed E-state index contributed by atoms with van der Waals surface area (Å²) in [5.41, 5.74) is 2.15. The molecule has 0 bridgehead atoms. The Bertz CT molecular complexity index is 710. The number of benzene rings is 1. The molecule has 108 valence electrons. The van der Waals surface area contributed by atoms with Gasteiger partial charge in [0.2, 0.25) is 0 Å². The van der Waals surface area contributed by atoms with Gasteiger partial charge in [0, 0.05) is 18.2 Å². The lowest BCUT2D eigenvalue weighted by atomic mass is 10.1. The van der Waals surface area contributed by atoms with E-state index in [1.807, 2.05) is 13.0 Å². The SMILES string of the molecule is Cc1cc(C#CCO)cc(C(=O)NCc2ncn(C)n2)c1. The van der Waals surface area contributed by atoms with Crippen molar-refractivity contribution >= 4 is 5.91 Å². The van der Waals surface area contributed by atoms with Gasteiger partial charge in [-0.25, -0.2) is 4.98 Å². The van der Waals surface area contributed by atoms with Crippen LogP contribution in [0.25, 0.3) is 0 Å². The second-order valence-electron chi connectivity index (χ2n) is 4.56. The molecule has 1 aromatic carbocycles. The van der Waals surface area contributed by atoms with Crippen molar-refractivity contribution in [3.05, 3.63) is 47.0 Å². The van der Waals surface area contributed by atoms with Gasteiger partial charge in [-0.15, -0.1) is 0 Å². The number of hydrogen-bond acceptors (Lipinski definition) is 4. The van der Waals surface area contributed by atoms with Gasteiger partial charge in [-0.3, -0.25) is 9.48 Å². The first kappa shape index (κ1) is 14.8. The van der Waals surface area contributed by atoms with Crippen LogP contribution < -0.4 is 5.32 Å². The van der Waals surface area contributed by atoms with Crippen LogP contribution in [0.4, 0.5) is 0 Å². The molecule has 2 rings (SSSR count). The molecular weight excluding hydrogens is 268 g/mol. The van der Waals surface area contributed by atoms with E-state index in [1.165, 1.54) is 0 Å². The molecule has 0 aliphatic rings. The zero-order valence-electron chi connectivity index (χ0n) is 11.9. The highest BCUT2D eigenvalue weighted by atomic mass is 16.2. The van der Waals surface area contributed by atoms with Crippen LogP contribution in [-0.4, -0.2) is 32.4 Å². The topological polar surface area (TPSA) is 80.0 Å². The molecule has 1 amide bonds. The summed E-state index contributed by atoms with van der Waals surface area (Å²) in [4.78, 5) is 16.2. The predicted molar refractivity (Wildman–Crippen MR) is 77.3 cm³/mol. The minimum Gasteiger partial charge on any atom is -0.384 e. The van der Waals surface area contributed by atoms with Gasteiger partial charge >= 0.3 is 0 Å². The van der Waals surface area contributed by atoms with Crippen molar-refractivity contribution in [2.45, 2.75) is 13.5 Å². The average Bonchev–Trinajstić information content (AvgIpc) is 2.87. The van der Waals surface area contributed by atoms with Gasteiger partial charge in [-0.2, -0.15) is 5.10 Å². The summed E-state index contributed by atoms with van der Waals surface area (Å²) in [5, 5.41) is 15.6. The number of nitrogens with zero attached hydrogens (tertiary/aromatic N) is 3. The fourth-order valence-electron chi connectivity index (χ4n) is 1.85. The number of aliphatic hydroxyl groups excluding tert-OH is 1. The zero-order valence-corrected chi connectivity index (χ0v) is 11.9. The van der Waals surface area contributed by atoms with Crippen LogP contribution in [0, 0.1) is 18.8 Å². The minimum absolute atomic E-state index is 0.208. The number of amides is 1. The molecule has 21 heavy (non-hydrogen) atoms. The smallest absolute Gasteiger partial charge is 0.251 e. The number of carbonyl (C=O) groups is 1. The Kier molecular flexibility index (Phi) is 4.69. The van der Waals surface area contributed by atoms with Gasteiger partial charge in [0.25, 0.3) is 5.91 Å². The van der Waals surface area contributed by atoms with Gasteiger partial charge < -0.3 is 10.4 Å². The lowest BCUT2D eigenvalue weighted by molar-refractivity contribution is 0.0949. The highest BCUT2D eigenvalue weighted by molar-refractivity contribution is 5.94. The summed E-state index contributed by atoms with van der Waals surface area (Å²) in [6.07, 6.45) is 1.58. The minimum atomic E-state index is -0.210. The van der Waals surface area contributed by atoms with E-state index in [1.54, 1.807) is 30.2 Å². The van der Waals surface area contributed by atoms with Crippen LogP contribution in [0.3, 0.4) is 0 Å². The lowest BCUT2D eigenvalue weighted by Gasteiger charge is -2.05. The maximum Gasteiger partial charge on any atom is 0.251 e. The first-order valence-corrected chi connectivity index (χ1v) is 6.42. The summed E-state index contributed by atoms with van der Waals surface area (Å²) >= 11 is 0. The summed E-state index contributed by atoms with van der Waals surface area (Å²) in [6, 6.07) is 5.34. The number of rotatable bonds is 3. The number of aliphatic hydroxyl groups is 1. The Morgan fingerprint density at radius 2 is 2.24 bits per heavy atom. The molecular formula is C15H16N4O2. The fraction of sp³-hybridized carbons (Fsp3) is 0.267. The number of aryl methyl sites for hydroxylation is 2. The summed E-state index contributed by atoms with van der Waals surface area (Å²) in [6.45, 7) is 1.95. The first-order chi connectivity index (χ1) is 10.1. The van der Waals surface area contributed by atoms with E-state index in [0.717, 1.165) is 5.56 Å². The standard InChI is InChI=1S/C15H16N4O2/c1-11-6-12(4-3-5-20)8-13(7-11)15(21)16-9-14-17-10-19(2)18-14/h6-8,10,20H,5,9H2,1-2H3,(H,16,21). The molecule has 6 nitrogen and oxygen atoms in total. The van der Waals surface area contributed by atoms with Crippen LogP contribution in [0.2, 0.25) is 0 Å². The molecule has 2 N–H and O–H groups in total. The maximum absolute atomic E-state index is 12.1. The van der Waals surface area contributed by atoms with Crippen molar-refractivity contribution in [3.63, 3.8) is 0 Å². The molecule has 0 aliphatic carbocycles. The molecule has 1 heterocycles. The molecule has 1 aromatic heterocycles. The molecule has 0 radical (unpaired) electrons. The van der Waals surface area contributed by atoms with Crippen molar-refractivity contribution in [2.75, 3.05) is 6.61 Å². The third-order valence-electron chi connectivity index (χ3n) is 2.71. The molecule has 0 aliphatic heterocycles. The Hall–Kier alpha value is -2.65. The van der Waals surface area contributed by atoms with Crippen molar-refractivity contribution < 1.29 is 9.90 Å². The number of nitrogens with one attached hydrogen (secondary N) is 1. The molecule has 2 aromatic rings. The molecule has 6 heteroatoms. The Balaban J connectivity index is 2.09. The zero-order chi connectivity index (χ0) is 15.2. The molecule has 0 saturated carbocycles. The van der Waals surface area contributed by atoms with E-state index in [9.17, 15) is 4.79 Å². The monoisotopic (exact) mass is 284 g/mol. The van der Waals surface area contributed by atoms with Crippen LogP contribution >= 0.6 is 0 Å². The van der Waals surface area contributed by atoms with E-state index in [4.69, 9.17) is 5.11 Å². The maximum atomic E-state index is 12.1. The summed E-state index contributed by atoms with van der Waals surface area (Å²) in [5.74, 6) is 5.71. The molecule has 0 saturated heterocycles. The third kappa shape index (κ3) is 4.16. The van der Waals surface area contributed by atoms with Gasteiger partial charge in [-0.05, 0) is 30.7 Å². The van der Waals surface area contributed by atoms with Crippen molar-refractivity contribution in [1.29, 1.82) is 0 Å². The van der Waals surface area contributed by atoms with E-state index in [2.05, 4.69) is 27.2 Å². The van der Waals surface area contributed by atoms with Gasteiger partial charge in [0.05, 0.1) is 6.54 Å². The number of hydrogen-bond donors (Lipinski definition) is 2. The molecule has 0 unspecified atom stereocenters. The summed E-state index contributed by atoms with van der Waals surface area (Å²) < 4.78 is 1.58. The van der Waals surface area contributed by atoms with Gasteiger partial charge in [0.1, 0.15) is 12.9 Å². The molecule has 0 atom stereocenters. The number of aromatic nitrogens is 3. The van der Waals surface area contributed by atoms with Crippen LogP contribution in [0.15, 0.2) is 24.5 Å². The van der Waals surface area contributed by atoms with E-state index in [-0.39, 0.29) is 19.1 Å². The number of carbonyl (C=O) groups excluding carboxylic acids is 1. The largest absolute Gasteiger partial charge is 0.384 e. The third-order valence-corrected chi connectivity index (χ3v) is 2.71. The van der Waals surface area contributed by atoms with Crippen LogP contribution in [-0.2, 0) is 13.6 Å². The van der Waals surface area contributed by atoms with Gasteiger partial charge in [0.15, 0.2) is 5.82 Å². The lowest BCUT2D eigenvalue weighted by Crippen LogP contribution is -2.23. The summed E-state index contributed by atoms with van der Waals surface area (Å²) in [7, 11) is 1.77. The highest BCUT2D eigenvalue weighted by Crippen LogP contribution is 2.09. The quantitative estimate of drug-likeness (QED) is 0.799. The first-order valence-electron chi connectivity index (χ1n) is 6.42. The van der Waals surface area contributed by atoms with Crippen molar-refractivity contribution in [2.24, 2.45) is 7.05 Å². The Morgan fingerprint density at radius 3 is 2.90 bits per heavy atom. The van der Waals surface area contributed by atoms with Crippen molar-refractivity contribution in [3.8, 4) is 11.8 Å². The van der Waals surface area contributed by atoms with Crippen LogP contribution in [0.5, 0.6) is 0 Å². The van der Waals surface area contributed by atoms with E-state index < -0.39 is 0 Å². The molecule has 0 fully saturated rings.